The Bertz CT molecular complexity index is 589. The van der Waals surface area contributed by atoms with Crippen LogP contribution < -0.4 is 14.2 Å². The SMILES string of the molecule is COc1cc2c(cc1CN1CCCCC1CN1CCOCC1)OCO2. The fourth-order valence-electron chi connectivity index (χ4n) is 4.05. The number of fused-ring (bicyclic) bond motifs is 1. The molecule has 1 aromatic carbocycles. The lowest BCUT2D eigenvalue weighted by molar-refractivity contribution is 0.0152. The third kappa shape index (κ3) is 3.86. The van der Waals surface area contributed by atoms with Gasteiger partial charge in [0.2, 0.25) is 6.79 Å². The van der Waals surface area contributed by atoms with Gasteiger partial charge in [-0.2, -0.15) is 0 Å². The van der Waals surface area contributed by atoms with Crippen LogP contribution in [0.5, 0.6) is 17.2 Å². The van der Waals surface area contributed by atoms with Crippen molar-refractivity contribution in [3.63, 3.8) is 0 Å². The summed E-state index contributed by atoms with van der Waals surface area (Å²) in [5.74, 6) is 2.50. The second-order valence-electron chi connectivity index (χ2n) is 7.05. The lowest BCUT2D eigenvalue weighted by Gasteiger charge is -2.39. The summed E-state index contributed by atoms with van der Waals surface area (Å²) in [6.45, 7) is 7.31. The molecular weight excluding hydrogens is 320 g/mol. The zero-order valence-electron chi connectivity index (χ0n) is 15.0. The molecule has 1 unspecified atom stereocenters. The van der Waals surface area contributed by atoms with E-state index in [0.717, 1.165) is 63.2 Å². The van der Waals surface area contributed by atoms with E-state index < -0.39 is 0 Å². The maximum atomic E-state index is 5.61. The number of methoxy groups -OCH3 is 1. The van der Waals surface area contributed by atoms with E-state index in [4.69, 9.17) is 18.9 Å². The van der Waals surface area contributed by atoms with Gasteiger partial charge in [0.05, 0.1) is 20.3 Å². The highest BCUT2D eigenvalue weighted by atomic mass is 16.7. The third-order valence-corrected chi connectivity index (χ3v) is 5.47. The molecule has 3 aliphatic heterocycles. The lowest BCUT2D eigenvalue weighted by atomic mass is 10.00. The highest BCUT2D eigenvalue weighted by Crippen LogP contribution is 2.39. The Hall–Kier alpha value is -1.50. The molecule has 4 rings (SSSR count). The third-order valence-electron chi connectivity index (χ3n) is 5.47. The fraction of sp³-hybridized carbons (Fsp3) is 0.684. The molecule has 0 aromatic heterocycles. The van der Waals surface area contributed by atoms with Crippen molar-refractivity contribution in [1.82, 2.24) is 9.80 Å². The first kappa shape index (κ1) is 16.9. The second-order valence-corrected chi connectivity index (χ2v) is 7.05. The fourth-order valence-corrected chi connectivity index (χ4v) is 4.05. The standard InChI is InChI=1S/C19H28N2O4/c1-22-17-11-19-18(24-14-25-19)10-15(17)12-21-5-3-2-4-16(21)13-20-6-8-23-9-7-20/h10-11,16H,2-9,12-14H2,1H3. The van der Waals surface area contributed by atoms with Gasteiger partial charge in [0.15, 0.2) is 11.5 Å². The average molecular weight is 348 g/mol. The lowest BCUT2D eigenvalue weighted by Crippen LogP contribution is -2.49. The molecule has 0 saturated carbocycles. The van der Waals surface area contributed by atoms with Gasteiger partial charge in [-0.25, -0.2) is 0 Å². The summed E-state index contributed by atoms with van der Waals surface area (Å²) in [5, 5.41) is 0. The number of nitrogens with zero attached hydrogens (tertiary/aromatic N) is 2. The van der Waals surface area contributed by atoms with Crippen LogP contribution in [0.3, 0.4) is 0 Å². The van der Waals surface area contributed by atoms with Crippen LogP contribution in [0.1, 0.15) is 24.8 Å². The van der Waals surface area contributed by atoms with Gasteiger partial charge in [0.1, 0.15) is 5.75 Å². The molecule has 0 radical (unpaired) electrons. The van der Waals surface area contributed by atoms with E-state index in [0.29, 0.717) is 12.8 Å². The van der Waals surface area contributed by atoms with Crippen LogP contribution in [0.15, 0.2) is 12.1 Å². The van der Waals surface area contributed by atoms with Gasteiger partial charge in [0, 0.05) is 43.9 Å². The molecule has 6 heteroatoms. The van der Waals surface area contributed by atoms with E-state index >= 15 is 0 Å². The number of piperidine rings is 1. The number of hydrogen-bond donors (Lipinski definition) is 0. The second kappa shape index (κ2) is 7.81. The van der Waals surface area contributed by atoms with E-state index in [1.165, 1.54) is 24.8 Å². The van der Waals surface area contributed by atoms with Crippen LogP contribution in [0.25, 0.3) is 0 Å². The Morgan fingerprint density at radius 3 is 2.68 bits per heavy atom. The van der Waals surface area contributed by atoms with Gasteiger partial charge in [0.25, 0.3) is 0 Å². The van der Waals surface area contributed by atoms with Crippen molar-refractivity contribution in [2.75, 3.05) is 53.3 Å². The number of morpholine rings is 1. The van der Waals surface area contributed by atoms with Gasteiger partial charge in [-0.15, -0.1) is 0 Å². The van der Waals surface area contributed by atoms with E-state index in [-0.39, 0.29) is 0 Å². The molecule has 3 heterocycles. The Kier molecular flexibility index (Phi) is 5.29. The summed E-state index contributed by atoms with van der Waals surface area (Å²) < 4.78 is 22.1. The number of ether oxygens (including phenoxy) is 4. The number of likely N-dealkylation sites (tertiary alicyclic amines) is 1. The van der Waals surface area contributed by atoms with Crippen molar-refractivity contribution >= 4 is 0 Å². The van der Waals surface area contributed by atoms with Crippen LogP contribution in [-0.2, 0) is 11.3 Å². The van der Waals surface area contributed by atoms with Gasteiger partial charge in [-0.3, -0.25) is 9.80 Å². The van der Waals surface area contributed by atoms with Gasteiger partial charge < -0.3 is 18.9 Å². The minimum Gasteiger partial charge on any atom is -0.496 e. The first-order chi connectivity index (χ1) is 12.3. The number of hydrogen-bond acceptors (Lipinski definition) is 6. The smallest absolute Gasteiger partial charge is 0.231 e. The van der Waals surface area contributed by atoms with Gasteiger partial charge in [-0.1, -0.05) is 6.42 Å². The number of rotatable bonds is 5. The summed E-state index contributed by atoms with van der Waals surface area (Å²) in [4.78, 5) is 5.16. The summed E-state index contributed by atoms with van der Waals surface area (Å²) in [7, 11) is 1.72. The first-order valence-corrected chi connectivity index (χ1v) is 9.34. The summed E-state index contributed by atoms with van der Waals surface area (Å²) in [5.41, 5.74) is 1.18. The molecule has 0 spiro atoms. The minimum absolute atomic E-state index is 0.297. The molecule has 0 amide bonds. The predicted octanol–water partition coefficient (Wildman–Crippen LogP) is 2.11. The molecule has 1 atom stereocenters. The summed E-state index contributed by atoms with van der Waals surface area (Å²) >= 11 is 0. The van der Waals surface area contributed by atoms with Crippen molar-refractivity contribution < 1.29 is 18.9 Å². The first-order valence-electron chi connectivity index (χ1n) is 9.34. The van der Waals surface area contributed by atoms with Crippen LogP contribution in [0.4, 0.5) is 0 Å². The maximum absolute atomic E-state index is 5.61. The Labute approximate surface area is 149 Å². The highest BCUT2D eigenvalue weighted by molar-refractivity contribution is 5.51. The van der Waals surface area contributed by atoms with Gasteiger partial charge >= 0.3 is 0 Å². The normalized spacial score (nSPS) is 24.4. The Morgan fingerprint density at radius 1 is 1.08 bits per heavy atom. The number of benzene rings is 1. The molecule has 2 saturated heterocycles. The van der Waals surface area contributed by atoms with E-state index in [1.807, 2.05) is 6.07 Å². The van der Waals surface area contributed by atoms with Gasteiger partial charge in [-0.05, 0) is 25.5 Å². The summed E-state index contributed by atoms with van der Waals surface area (Å²) in [6.07, 6.45) is 3.86. The van der Waals surface area contributed by atoms with E-state index in [2.05, 4.69) is 15.9 Å². The van der Waals surface area contributed by atoms with Crippen LogP contribution in [0, 0.1) is 0 Å². The van der Waals surface area contributed by atoms with E-state index in [9.17, 15) is 0 Å². The van der Waals surface area contributed by atoms with Crippen molar-refractivity contribution in [3.8, 4) is 17.2 Å². The Morgan fingerprint density at radius 2 is 1.88 bits per heavy atom. The summed E-state index contributed by atoms with van der Waals surface area (Å²) in [6, 6.07) is 4.64. The topological polar surface area (TPSA) is 43.4 Å². The van der Waals surface area contributed by atoms with Crippen molar-refractivity contribution in [2.45, 2.75) is 31.8 Å². The monoisotopic (exact) mass is 348 g/mol. The Balaban J connectivity index is 1.47. The van der Waals surface area contributed by atoms with Crippen molar-refractivity contribution in [2.24, 2.45) is 0 Å². The molecule has 2 fully saturated rings. The zero-order valence-corrected chi connectivity index (χ0v) is 15.0. The molecule has 1 aromatic rings. The molecule has 3 aliphatic rings. The minimum atomic E-state index is 0.297. The van der Waals surface area contributed by atoms with Crippen LogP contribution in [-0.4, -0.2) is 69.1 Å². The average Bonchev–Trinajstić information content (AvgIpc) is 3.11. The molecule has 0 N–H and O–H groups in total. The van der Waals surface area contributed by atoms with Crippen LogP contribution >= 0.6 is 0 Å². The van der Waals surface area contributed by atoms with E-state index in [1.54, 1.807) is 7.11 Å². The largest absolute Gasteiger partial charge is 0.496 e. The molecule has 0 bridgehead atoms. The maximum Gasteiger partial charge on any atom is 0.231 e. The zero-order chi connectivity index (χ0) is 17.1. The molecule has 0 aliphatic carbocycles. The molecule has 6 nitrogen and oxygen atoms in total. The molecule has 25 heavy (non-hydrogen) atoms. The quantitative estimate of drug-likeness (QED) is 0.812. The molecule has 138 valence electrons. The highest BCUT2D eigenvalue weighted by Gasteiger charge is 2.27. The van der Waals surface area contributed by atoms with Crippen LogP contribution in [0.2, 0.25) is 0 Å². The van der Waals surface area contributed by atoms with Crippen molar-refractivity contribution in [3.05, 3.63) is 17.7 Å². The van der Waals surface area contributed by atoms with Crippen molar-refractivity contribution in [1.29, 1.82) is 0 Å². The molecular formula is C19H28N2O4. The predicted molar refractivity (Wildman–Crippen MR) is 94.4 cm³/mol.